The van der Waals surface area contributed by atoms with Gasteiger partial charge in [0.1, 0.15) is 0 Å². The summed E-state index contributed by atoms with van der Waals surface area (Å²) in [6, 6.07) is 20.8. The van der Waals surface area contributed by atoms with Crippen LogP contribution in [-0.2, 0) is 11.2 Å². The lowest BCUT2D eigenvalue weighted by atomic mass is 9.95. The third-order valence-electron chi connectivity index (χ3n) is 5.20. The normalized spacial score (nSPS) is 16.3. The van der Waals surface area contributed by atoms with E-state index in [1.165, 1.54) is 16.7 Å². The Morgan fingerprint density at radius 1 is 1.04 bits per heavy atom. The molecular formula is C24H30N2O. The highest BCUT2D eigenvalue weighted by Gasteiger charge is 2.24. The molecule has 0 saturated carbocycles. The van der Waals surface area contributed by atoms with Gasteiger partial charge in [-0.3, -0.25) is 9.69 Å². The van der Waals surface area contributed by atoms with E-state index in [4.69, 9.17) is 0 Å². The molecule has 1 aliphatic rings. The van der Waals surface area contributed by atoms with Crippen LogP contribution in [0, 0.1) is 5.92 Å². The van der Waals surface area contributed by atoms with Crippen molar-refractivity contribution < 1.29 is 4.79 Å². The van der Waals surface area contributed by atoms with E-state index in [2.05, 4.69) is 59.6 Å². The standard InChI is InChI=1S/C24H30N2O/c1-20(18-22-10-6-3-7-11-22)19-26-16-13-23(14-17-26)24(27)25-15-12-21-8-4-2-5-9-21/h2-11,18,23H,12-17,19H2,1H3,(H,25,27)/b20-18+. The van der Waals surface area contributed by atoms with E-state index in [0.29, 0.717) is 0 Å². The summed E-state index contributed by atoms with van der Waals surface area (Å²) in [6.07, 6.45) is 5.06. The number of nitrogens with one attached hydrogen (secondary N) is 1. The number of carbonyl (C=O) groups is 1. The molecule has 27 heavy (non-hydrogen) atoms. The van der Waals surface area contributed by atoms with Crippen molar-refractivity contribution in [3.8, 4) is 0 Å². The number of likely N-dealkylation sites (tertiary alicyclic amines) is 1. The molecule has 0 aliphatic carbocycles. The molecule has 2 aromatic carbocycles. The summed E-state index contributed by atoms with van der Waals surface area (Å²) in [5, 5.41) is 3.12. The molecule has 0 spiro atoms. The van der Waals surface area contributed by atoms with Gasteiger partial charge in [-0.15, -0.1) is 0 Å². The maximum absolute atomic E-state index is 12.4. The number of piperidine rings is 1. The Bertz CT molecular complexity index is 731. The van der Waals surface area contributed by atoms with E-state index < -0.39 is 0 Å². The number of rotatable bonds is 7. The van der Waals surface area contributed by atoms with E-state index in [-0.39, 0.29) is 11.8 Å². The zero-order valence-electron chi connectivity index (χ0n) is 16.2. The van der Waals surface area contributed by atoms with E-state index >= 15 is 0 Å². The van der Waals surface area contributed by atoms with E-state index in [1.807, 2.05) is 24.3 Å². The fourth-order valence-corrected chi connectivity index (χ4v) is 3.70. The molecule has 1 fully saturated rings. The molecule has 0 bridgehead atoms. The van der Waals surface area contributed by atoms with Crippen molar-refractivity contribution in [1.82, 2.24) is 10.2 Å². The van der Waals surface area contributed by atoms with Gasteiger partial charge in [0.15, 0.2) is 0 Å². The van der Waals surface area contributed by atoms with Crippen LogP contribution in [0.25, 0.3) is 6.08 Å². The number of hydrogen-bond donors (Lipinski definition) is 1. The van der Waals surface area contributed by atoms with Crippen molar-refractivity contribution >= 4 is 12.0 Å². The van der Waals surface area contributed by atoms with Crippen LogP contribution in [-0.4, -0.2) is 37.0 Å². The molecule has 0 radical (unpaired) electrons. The molecule has 1 aliphatic heterocycles. The summed E-state index contributed by atoms with van der Waals surface area (Å²) in [5.74, 6) is 0.387. The van der Waals surface area contributed by atoms with Crippen LogP contribution >= 0.6 is 0 Å². The lowest BCUT2D eigenvalue weighted by Crippen LogP contribution is -2.41. The van der Waals surface area contributed by atoms with Crippen molar-refractivity contribution in [2.24, 2.45) is 5.92 Å². The van der Waals surface area contributed by atoms with E-state index in [9.17, 15) is 4.79 Å². The first-order chi connectivity index (χ1) is 13.2. The number of nitrogens with zero attached hydrogens (tertiary/aromatic N) is 1. The molecule has 1 N–H and O–H groups in total. The molecule has 0 unspecified atom stereocenters. The summed E-state index contributed by atoms with van der Waals surface area (Å²) in [7, 11) is 0. The van der Waals surface area contributed by atoms with Gasteiger partial charge < -0.3 is 5.32 Å². The predicted octanol–water partition coefficient (Wildman–Crippen LogP) is 4.16. The lowest BCUT2D eigenvalue weighted by molar-refractivity contribution is -0.126. The van der Waals surface area contributed by atoms with Gasteiger partial charge in [-0.25, -0.2) is 0 Å². The molecule has 0 atom stereocenters. The first-order valence-electron chi connectivity index (χ1n) is 9.97. The summed E-state index contributed by atoms with van der Waals surface area (Å²) in [6.45, 7) is 5.89. The summed E-state index contributed by atoms with van der Waals surface area (Å²) in [4.78, 5) is 14.9. The van der Waals surface area contributed by atoms with Crippen LogP contribution in [0.4, 0.5) is 0 Å². The average Bonchev–Trinajstić information content (AvgIpc) is 2.70. The number of benzene rings is 2. The minimum Gasteiger partial charge on any atom is -0.356 e. The van der Waals surface area contributed by atoms with Crippen LogP contribution in [0.2, 0.25) is 0 Å². The topological polar surface area (TPSA) is 32.3 Å². The zero-order chi connectivity index (χ0) is 18.9. The molecule has 1 saturated heterocycles. The largest absolute Gasteiger partial charge is 0.356 e. The molecule has 1 heterocycles. The Balaban J connectivity index is 1.38. The molecule has 142 valence electrons. The summed E-state index contributed by atoms with van der Waals surface area (Å²) in [5.41, 5.74) is 3.89. The van der Waals surface area contributed by atoms with Crippen LogP contribution in [0.1, 0.15) is 30.9 Å². The van der Waals surface area contributed by atoms with Crippen LogP contribution in [0.3, 0.4) is 0 Å². The highest BCUT2D eigenvalue weighted by molar-refractivity contribution is 5.78. The highest BCUT2D eigenvalue weighted by atomic mass is 16.1. The second kappa shape index (κ2) is 10.1. The highest BCUT2D eigenvalue weighted by Crippen LogP contribution is 2.19. The summed E-state index contributed by atoms with van der Waals surface area (Å²) >= 11 is 0. The molecule has 3 rings (SSSR count). The van der Waals surface area contributed by atoms with Gasteiger partial charge in [0.25, 0.3) is 0 Å². The maximum Gasteiger partial charge on any atom is 0.223 e. The van der Waals surface area contributed by atoms with Gasteiger partial charge in [0.05, 0.1) is 0 Å². The molecule has 2 aromatic rings. The van der Waals surface area contributed by atoms with Crippen LogP contribution < -0.4 is 5.32 Å². The Hall–Kier alpha value is -2.39. The Labute approximate surface area is 163 Å². The van der Waals surface area contributed by atoms with Crippen LogP contribution in [0.15, 0.2) is 66.2 Å². The van der Waals surface area contributed by atoms with Crippen molar-refractivity contribution in [3.63, 3.8) is 0 Å². The van der Waals surface area contributed by atoms with Gasteiger partial charge in [-0.05, 0) is 50.4 Å². The Morgan fingerprint density at radius 3 is 2.33 bits per heavy atom. The molecule has 0 aromatic heterocycles. The molecule has 1 amide bonds. The van der Waals surface area contributed by atoms with Crippen molar-refractivity contribution in [3.05, 3.63) is 77.4 Å². The minimum absolute atomic E-state index is 0.162. The SMILES string of the molecule is C/C(=C\c1ccccc1)CN1CCC(C(=O)NCCc2ccccc2)CC1. The second-order valence-corrected chi connectivity index (χ2v) is 7.48. The van der Waals surface area contributed by atoms with Crippen LogP contribution in [0.5, 0.6) is 0 Å². The third-order valence-corrected chi connectivity index (χ3v) is 5.20. The lowest BCUT2D eigenvalue weighted by Gasteiger charge is -2.31. The first kappa shape index (κ1) is 19.4. The maximum atomic E-state index is 12.4. The number of carbonyl (C=O) groups excluding carboxylic acids is 1. The summed E-state index contributed by atoms with van der Waals surface area (Å²) < 4.78 is 0. The number of amides is 1. The molecule has 3 nitrogen and oxygen atoms in total. The van der Waals surface area contributed by atoms with Crippen molar-refractivity contribution in [2.75, 3.05) is 26.2 Å². The smallest absolute Gasteiger partial charge is 0.223 e. The van der Waals surface area contributed by atoms with Crippen molar-refractivity contribution in [2.45, 2.75) is 26.2 Å². The number of hydrogen-bond acceptors (Lipinski definition) is 2. The molecular weight excluding hydrogens is 332 g/mol. The van der Waals surface area contributed by atoms with Gasteiger partial charge in [-0.2, -0.15) is 0 Å². The van der Waals surface area contributed by atoms with Gasteiger partial charge in [0.2, 0.25) is 5.91 Å². The second-order valence-electron chi connectivity index (χ2n) is 7.48. The van der Waals surface area contributed by atoms with Crippen molar-refractivity contribution in [1.29, 1.82) is 0 Å². The monoisotopic (exact) mass is 362 g/mol. The Morgan fingerprint density at radius 2 is 1.67 bits per heavy atom. The van der Waals surface area contributed by atoms with Gasteiger partial charge in [0, 0.05) is 19.0 Å². The third kappa shape index (κ3) is 6.37. The fourth-order valence-electron chi connectivity index (χ4n) is 3.70. The predicted molar refractivity (Wildman–Crippen MR) is 112 cm³/mol. The van der Waals surface area contributed by atoms with Gasteiger partial charge in [-0.1, -0.05) is 72.3 Å². The fraction of sp³-hybridized carbons (Fsp3) is 0.375. The minimum atomic E-state index is 0.162. The quantitative estimate of drug-likeness (QED) is 0.802. The average molecular weight is 363 g/mol. The zero-order valence-corrected chi connectivity index (χ0v) is 16.2. The molecule has 3 heteroatoms. The first-order valence-corrected chi connectivity index (χ1v) is 9.97. The van der Waals surface area contributed by atoms with E-state index in [1.54, 1.807) is 0 Å². The van der Waals surface area contributed by atoms with E-state index in [0.717, 1.165) is 45.4 Å². The Kier molecular flexibility index (Phi) is 7.23. The van der Waals surface area contributed by atoms with Gasteiger partial charge >= 0.3 is 0 Å².